The van der Waals surface area contributed by atoms with Gasteiger partial charge in [0.1, 0.15) is 5.82 Å². The first-order valence-electron chi connectivity index (χ1n) is 7.73. The summed E-state index contributed by atoms with van der Waals surface area (Å²) in [7, 11) is 0. The molecular formula is C17H21N3OS. The molecule has 0 fully saturated rings. The minimum absolute atomic E-state index is 0.0611. The van der Waals surface area contributed by atoms with Gasteiger partial charge in [-0.1, -0.05) is 30.3 Å². The second kappa shape index (κ2) is 6.48. The van der Waals surface area contributed by atoms with Crippen molar-refractivity contribution < 1.29 is 4.79 Å². The highest BCUT2D eigenvalue weighted by molar-refractivity contribution is 7.14. The average Bonchev–Trinajstić information content (AvgIpc) is 2.93. The molecule has 1 aliphatic heterocycles. The third-order valence-corrected chi connectivity index (χ3v) is 4.74. The molecule has 1 aliphatic rings. The molecule has 3 rings (SSSR count). The fraction of sp³-hybridized carbons (Fsp3) is 0.412. The van der Waals surface area contributed by atoms with E-state index in [2.05, 4.69) is 39.5 Å². The van der Waals surface area contributed by atoms with E-state index < -0.39 is 0 Å². The van der Waals surface area contributed by atoms with Crippen LogP contribution in [-0.2, 0) is 13.0 Å². The molecule has 1 aromatic carbocycles. The number of fused-ring (bicyclic) bond motifs is 1. The van der Waals surface area contributed by atoms with Crippen LogP contribution in [0.3, 0.4) is 0 Å². The lowest BCUT2D eigenvalue weighted by Crippen LogP contribution is -2.30. The zero-order valence-corrected chi connectivity index (χ0v) is 13.8. The zero-order valence-electron chi connectivity index (χ0n) is 13.0. The average molecular weight is 315 g/mol. The van der Waals surface area contributed by atoms with E-state index in [9.17, 15) is 4.79 Å². The summed E-state index contributed by atoms with van der Waals surface area (Å²) in [6, 6.07) is 10.5. The molecule has 5 heteroatoms. The number of anilines is 1. The quantitative estimate of drug-likeness (QED) is 0.942. The van der Waals surface area contributed by atoms with Crippen LogP contribution < -0.4 is 10.2 Å². The number of benzene rings is 1. The fourth-order valence-corrected chi connectivity index (χ4v) is 3.70. The zero-order chi connectivity index (χ0) is 15.5. The number of nitrogens with zero attached hydrogens (tertiary/aromatic N) is 2. The molecule has 2 heterocycles. The van der Waals surface area contributed by atoms with Crippen molar-refractivity contribution in [2.45, 2.75) is 39.3 Å². The molecule has 4 nitrogen and oxygen atoms in total. The monoisotopic (exact) mass is 315 g/mol. The van der Waals surface area contributed by atoms with Crippen molar-refractivity contribution in [2.75, 3.05) is 11.4 Å². The maximum absolute atomic E-state index is 12.2. The Morgan fingerprint density at radius 3 is 2.86 bits per heavy atom. The van der Waals surface area contributed by atoms with E-state index in [4.69, 9.17) is 0 Å². The molecule has 1 aromatic heterocycles. The van der Waals surface area contributed by atoms with Crippen LogP contribution in [0.2, 0.25) is 0 Å². The minimum atomic E-state index is -0.0611. The molecule has 1 N–H and O–H groups in total. The topological polar surface area (TPSA) is 45.2 Å². The Bertz CT molecular complexity index is 651. The Balaban J connectivity index is 1.81. The second-order valence-corrected chi connectivity index (χ2v) is 6.99. The van der Waals surface area contributed by atoms with Gasteiger partial charge in [-0.2, -0.15) is 0 Å². The van der Waals surface area contributed by atoms with Crippen LogP contribution in [0.5, 0.6) is 0 Å². The van der Waals surface area contributed by atoms with E-state index in [0.29, 0.717) is 5.01 Å². The molecule has 0 bridgehead atoms. The molecule has 1 amide bonds. The normalized spacial score (nSPS) is 14.0. The minimum Gasteiger partial charge on any atom is -0.351 e. The molecule has 0 saturated heterocycles. The summed E-state index contributed by atoms with van der Waals surface area (Å²) < 4.78 is 0. The van der Waals surface area contributed by atoms with Gasteiger partial charge in [0.25, 0.3) is 5.91 Å². The number of nitrogens with one attached hydrogen (secondary N) is 1. The molecule has 0 atom stereocenters. The van der Waals surface area contributed by atoms with Crippen LogP contribution in [0.4, 0.5) is 5.82 Å². The van der Waals surface area contributed by atoms with Crippen molar-refractivity contribution in [3.8, 4) is 0 Å². The molecule has 0 radical (unpaired) electrons. The lowest BCUT2D eigenvalue weighted by molar-refractivity contribution is 0.0943. The van der Waals surface area contributed by atoms with E-state index in [1.807, 2.05) is 19.9 Å². The molecular weight excluding hydrogens is 294 g/mol. The Morgan fingerprint density at radius 1 is 1.36 bits per heavy atom. The smallest absolute Gasteiger partial charge is 0.280 e. The maximum atomic E-state index is 12.2. The van der Waals surface area contributed by atoms with Gasteiger partial charge in [-0.15, -0.1) is 11.3 Å². The van der Waals surface area contributed by atoms with Crippen molar-refractivity contribution in [3.05, 3.63) is 45.8 Å². The molecule has 0 spiro atoms. The largest absolute Gasteiger partial charge is 0.351 e. The number of amides is 1. The molecule has 22 heavy (non-hydrogen) atoms. The van der Waals surface area contributed by atoms with Crippen molar-refractivity contribution in [1.82, 2.24) is 10.3 Å². The van der Waals surface area contributed by atoms with E-state index in [-0.39, 0.29) is 11.9 Å². The lowest BCUT2D eigenvalue weighted by atomic mass is 10.1. The summed E-state index contributed by atoms with van der Waals surface area (Å²) in [5.41, 5.74) is 1.27. The first-order chi connectivity index (χ1) is 10.6. The van der Waals surface area contributed by atoms with Crippen molar-refractivity contribution in [1.29, 1.82) is 0 Å². The van der Waals surface area contributed by atoms with Gasteiger partial charge < -0.3 is 10.2 Å². The van der Waals surface area contributed by atoms with Crippen LogP contribution in [0.25, 0.3) is 0 Å². The maximum Gasteiger partial charge on any atom is 0.280 e. The lowest BCUT2D eigenvalue weighted by Gasteiger charge is -2.27. The predicted octanol–water partition coefficient (Wildman–Crippen LogP) is 3.23. The first-order valence-corrected chi connectivity index (χ1v) is 8.54. The van der Waals surface area contributed by atoms with Crippen molar-refractivity contribution >= 4 is 23.1 Å². The highest BCUT2D eigenvalue weighted by Gasteiger charge is 2.24. The van der Waals surface area contributed by atoms with Crippen LogP contribution in [0, 0.1) is 0 Å². The number of aryl methyl sites for hydroxylation is 1. The van der Waals surface area contributed by atoms with Gasteiger partial charge in [0.05, 0.1) is 0 Å². The number of carbonyl (C=O) groups is 1. The summed E-state index contributed by atoms with van der Waals surface area (Å²) in [4.78, 5) is 20.3. The number of hydrogen-bond donors (Lipinski definition) is 1. The van der Waals surface area contributed by atoms with Crippen LogP contribution >= 0.6 is 11.3 Å². The fourth-order valence-electron chi connectivity index (χ4n) is 2.67. The van der Waals surface area contributed by atoms with E-state index in [0.717, 1.165) is 31.7 Å². The van der Waals surface area contributed by atoms with Gasteiger partial charge in [-0.25, -0.2) is 4.98 Å². The summed E-state index contributed by atoms with van der Waals surface area (Å²) in [5.74, 6) is 0.933. The van der Waals surface area contributed by atoms with Gasteiger partial charge in [0.2, 0.25) is 0 Å². The van der Waals surface area contributed by atoms with Crippen LogP contribution in [0.1, 0.15) is 40.5 Å². The van der Waals surface area contributed by atoms with Gasteiger partial charge in [0.15, 0.2) is 5.01 Å². The highest BCUT2D eigenvalue weighted by Crippen LogP contribution is 2.32. The standard InChI is InChI=1S/C17H21N3OS/c1-12(2)18-16(21)17-19-15-14(22-17)9-6-10-20(15)11-13-7-4-3-5-8-13/h3-5,7-8,12H,6,9-11H2,1-2H3,(H,18,21). The van der Waals surface area contributed by atoms with E-state index in [1.54, 1.807) is 0 Å². The Hall–Kier alpha value is -1.88. The summed E-state index contributed by atoms with van der Waals surface area (Å²) >= 11 is 1.53. The van der Waals surface area contributed by atoms with Gasteiger partial charge >= 0.3 is 0 Å². The van der Waals surface area contributed by atoms with Crippen LogP contribution in [0.15, 0.2) is 30.3 Å². The molecule has 0 unspecified atom stereocenters. The molecule has 0 aliphatic carbocycles. The van der Waals surface area contributed by atoms with E-state index >= 15 is 0 Å². The number of carbonyl (C=O) groups excluding carboxylic acids is 1. The van der Waals surface area contributed by atoms with Gasteiger partial charge in [-0.05, 0) is 32.3 Å². The molecule has 0 saturated carbocycles. The summed E-state index contributed by atoms with van der Waals surface area (Å²) in [5, 5.41) is 3.51. The third kappa shape index (κ3) is 3.30. The predicted molar refractivity (Wildman–Crippen MR) is 90.5 cm³/mol. The number of thiazole rings is 1. The summed E-state index contributed by atoms with van der Waals surface area (Å²) in [6.07, 6.45) is 2.14. The molecule has 116 valence electrons. The number of hydrogen-bond acceptors (Lipinski definition) is 4. The van der Waals surface area contributed by atoms with Crippen molar-refractivity contribution in [2.24, 2.45) is 0 Å². The van der Waals surface area contributed by atoms with Gasteiger partial charge in [-0.3, -0.25) is 4.79 Å². The Kier molecular flexibility index (Phi) is 4.43. The highest BCUT2D eigenvalue weighted by atomic mass is 32.1. The Labute approximate surface area is 135 Å². The second-order valence-electron chi connectivity index (χ2n) is 5.90. The number of aromatic nitrogens is 1. The SMILES string of the molecule is CC(C)NC(=O)c1nc2c(s1)CCCN2Cc1ccccc1. The summed E-state index contributed by atoms with van der Waals surface area (Å²) in [6.45, 7) is 5.78. The van der Waals surface area contributed by atoms with E-state index in [1.165, 1.54) is 21.8 Å². The third-order valence-electron chi connectivity index (χ3n) is 3.64. The van der Waals surface area contributed by atoms with Crippen molar-refractivity contribution in [3.63, 3.8) is 0 Å². The first kappa shape index (κ1) is 15.0. The Morgan fingerprint density at radius 2 is 2.14 bits per heavy atom. The molecule has 2 aromatic rings. The van der Waals surface area contributed by atoms with Crippen LogP contribution in [-0.4, -0.2) is 23.5 Å². The van der Waals surface area contributed by atoms with Gasteiger partial charge in [0, 0.05) is 24.0 Å². The number of rotatable bonds is 4.